The summed E-state index contributed by atoms with van der Waals surface area (Å²) < 4.78 is 0. The molecule has 5 nitrogen and oxygen atoms in total. The van der Waals surface area contributed by atoms with Crippen LogP contribution in [0.25, 0.3) is 0 Å². The van der Waals surface area contributed by atoms with Crippen LogP contribution in [0.5, 0.6) is 0 Å². The van der Waals surface area contributed by atoms with E-state index in [0.717, 1.165) is 45.3 Å². The van der Waals surface area contributed by atoms with Crippen molar-refractivity contribution in [2.24, 2.45) is 11.3 Å². The minimum atomic E-state index is -0.168. The Kier molecular flexibility index (Phi) is 7.81. The number of hydrogen-bond donors (Lipinski definition) is 2. The molecule has 0 bridgehead atoms. The summed E-state index contributed by atoms with van der Waals surface area (Å²) in [6.45, 7) is 9.82. The molecule has 2 heterocycles. The van der Waals surface area contributed by atoms with Gasteiger partial charge in [0.05, 0.1) is 5.92 Å². The van der Waals surface area contributed by atoms with Crippen molar-refractivity contribution in [3.05, 3.63) is 0 Å². The number of nitrogens with zero attached hydrogens (tertiary/aromatic N) is 1. The van der Waals surface area contributed by atoms with Crippen LogP contribution in [-0.2, 0) is 9.59 Å². The zero-order valence-corrected chi connectivity index (χ0v) is 15.5. The van der Waals surface area contributed by atoms with E-state index in [1.807, 2.05) is 4.90 Å². The molecule has 0 spiro atoms. The second-order valence-electron chi connectivity index (χ2n) is 7.20. The van der Waals surface area contributed by atoms with Crippen molar-refractivity contribution in [1.82, 2.24) is 15.5 Å². The molecule has 1 atom stereocenters. The number of nitrogens with one attached hydrogen (secondary N) is 2. The Morgan fingerprint density at radius 2 is 1.96 bits per heavy atom. The molecule has 2 amide bonds. The number of piperidine rings is 1. The summed E-state index contributed by atoms with van der Waals surface area (Å²) in [5.41, 5.74) is 0.193. The van der Waals surface area contributed by atoms with Crippen molar-refractivity contribution >= 4 is 24.2 Å². The Hall–Kier alpha value is -0.810. The summed E-state index contributed by atoms with van der Waals surface area (Å²) in [5.74, 6) is 0.0295. The lowest BCUT2D eigenvalue weighted by Crippen LogP contribution is -2.44. The van der Waals surface area contributed by atoms with Gasteiger partial charge >= 0.3 is 0 Å². The molecule has 0 saturated carbocycles. The quantitative estimate of drug-likeness (QED) is 0.773. The van der Waals surface area contributed by atoms with E-state index >= 15 is 0 Å². The van der Waals surface area contributed by atoms with Gasteiger partial charge in [-0.1, -0.05) is 20.8 Å². The lowest BCUT2D eigenvalue weighted by atomic mass is 9.81. The second kappa shape index (κ2) is 8.88. The lowest BCUT2D eigenvalue weighted by molar-refractivity contribution is -0.130. The molecular formula is C17H32ClN3O2. The molecule has 0 radical (unpaired) electrons. The van der Waals surface area contributed by atoms with Gasteiger partial charge in [0.2, 0.25) is 11.8 Å². The summed E-state index contributed by atoms with van der Waals surface area (Å²) in [7, 11) is 0. The van der Waals surface area contributed by atoms with E-state index in [-0.39, 0.29) is 41.6 Å². The van der Waals surface area contributed by atoms with Crippen molar-refractivity contribution < 1.29 is 9.59 Å². The maximum atomic E-state index is 12.4. The summed E-state index contributed by atoms with van der Waals surface area (Å²) in [5, 5.41) is 6.46. The van der Waals surface area contributed by atoms with Gasteiger partial charge in [-0.05, 0) is 44.2 Å². The van der Waals surface area contributed by atoms with Crippen molar-refractivity contribution in [2.75, 3.05) is 26.2 Å². The second-order valence-corrected chi connectivity index (χ2v) is 7.20. The smallest absolute Gasteiger partial charge is 0.225 e. The SMILES string of the molecule is CCC(CC)N1CC(C(=O)NCC2(C)CCNCC2)CC1=O.Cl. The Bertz CT molecular complexity index is 407. The van der Waals surface area contributed by atoms with Gasteiger partial charge in [-0.3, -0.25) is 9.59 Å². The van der Waals surface area contributed by atoms with E-state index < -0.39 is 0 Å². The molecule has 2 saturated heterocycles. The van der Waals surface area contributed by atoms with Crippen molar-refractivity contribution in [3.63, 3.8) is 0 Å². The van der Waals surface area contributed by atoms with Gasteiger partial charge in [0, 0.05) is 25.6 Å². The first-order valence-corrected chi connectivity index (χ1v) is 8.77. The number of likely N-dealkylation sites (tertiary alicyclic amines) is 1. The van der Waals surface area contributed by atoms with Crippen LogP contribution in [0.15, 0.2) is 0 Å². The normalized spacial score (nSPS) is 23.7. The van der Waals surface area contributed by atoms with Crippen molar-refractivity contribution in [2.45, 2.75) is 58.9 Å². The van der Waals surface area contributed by atoms with E-state index in [1.165, 1.54) is 0 Å². The van der Waals surface area contributed by atoms with Gasteiger partial charge < -0.3 is 15.5 Å². The summed E-state index contributed by atoms with van der Waals surface area (Å²) in [6.07, 6.45) is 4.48. The van der Waals surface area contributed by atoms with Crippen LogP contribution >= 0.6 is 12.4 Å². The first-order valence-electron chi connectivity index (χ1n) is 8.77. The predicted octanol–water partition coefficient (Wildman–Crippen LogP) is 1.95. The van der Waals surface area contributed by atoms with Crippen molar-refractivity contribution in [3.8, 4) is 0 Å². The van der Waals surface area contributed by atoms with Gasteiger partial charge in [-0.2, -0.15) is 0 Å². The van der Waals surface area contributed by atoms with Crippen LogP contribution in [0.4, 0.5) is 0 Å². The highest BCUT2D eigenvalue weighted by Crippen LogP contribution is 2.28. The van der Waals surface area contributed by atoms with E-state index in [0.29, 0.717) is 13.0 Å². The molecule has 2 rings (SSSR count). The van der Waals surface area contributed by atoms with E-state index in [9.17, 15) is 9.59 Å². The average molecular weight is 346 g/mol. The minimum absolute atomic E-state index is 0. The fourth-order valence-electron chi connectivity index (χ4n) is 3.64. The molecule has 0 aromatic heterocycles. The molecule has 1 unspecified atom stereocenters. The Balaban J connectivity index is 0.00000264. The van der Waals surface area contributed by atoms with Gasteiger partial charge in [-0.15, -0.1) is 12.4 Å². The molecule has 2 fully saturated rings. The molecule has 2 aliphatic heterocycles. The summed E-state index contributed by atoms with van der Waals surface area (Å²) in [6, 6.07) is 0.284. The summed E-state index contributed by atoms with van der Waals surface area (Å²) in [4.78, 5) is 26.5. The van der Waals surface area contributed by atoms with Gasteiger partial charge in [0.1, 0.15) is 0 Å². The molecule has 0 aromatic rings. The highest BCUT2D eigenvalue weighted by molar-refractivity contribution is 5.89. The number of rotatable bonds is 6. The van der Waals surface area contributed by atoms with Gasteiger partial charge in [0.25, 0.3) is 0 Å². The molecule has 23 heavy (non-hydrogen) atoms. The minimum Gasteiger partial charge on any atom is -0.355 e. The zero-order valence-electron chi connectivity index (χ0n) is 14.7. The number of halogens is 1. The fourth-order valence-corrected chi connectivity index (χ4v) is 3.64. The van der Waals surface area contributed by atoms with Crippen LogP contribution < -0.4 is 10.6 Å². The molecule has 0 aromatic carbocycles. The molecular weight excluding hydrogens is 314 g/mol. The first kappa shape index (κ1) is 20.2. The maximum Gasteiger partial charge on any atom is 0.225 e. The van der Waals surface area contributed by atoms with E-state index in [1.54, 1.807) is 0 Å². The Morgan fingerprint density at radius 3 is 2.52 bits per heavy atom. The Labute approximate surface area is 146 Å². The first-order chi connectivity index (χ1) is 10.5. The predicted molar refractivity (Wildman–Crippen MR) is 94.7 cm³/mol. The van der Waals surface area contributed by atoms with Crippen LogP contribution in [0.3, 0.4) is 0 Å². The van der Waals surface area contributed by atoms with Crippen LogP contribution in [-0.4, -0.2) is 48.9 Å². The number of amides is 2. The number of carbonyl (C=O) groups excluding carboxylic acids is 2. The van der Waals surface area contributed by atoms with Gasteiger partial charge in [0.15, 0.2) is 0 Å². The maximum absolute atomic E-state index is 12.4. The lowest BCUT2D eigenvalue weighted by Gasteiger charge is -2.34. The highest BCUT2D eigenvalue weighted by atomic mass is 35.5. The monoisotopic (exact) mass is 345 g/mol. The molecule has 0 aliphatic carbocycles. The zero-order chi connectivity index (χ0) is 16.2. The highest BCUT2D eigenvalue weighted by Gasteiger charge is 2.37. The summed E-state index contributed by atoms with van der Waals surface area (Å²) >= 11 is 0. The number of carbonyl (C=O) groups is 2. The van der Waals surface area contributed by atoms with Crippen LogP contribution in [0.1, 0.15) is 52.9 Å². The standard InChI is InChI=1S/C17H31N3O2.ClH/c1-4-14(5-2)20-11-13(10-15(20)21)16(22)19-12-17(3)6-8-18-9-7-17;/h13-14,18H,4-12H2,1-3H3,(H,19,22);1H. The van der Waals surface area contributed by atoms with Crippen molar-refractivity contribution in [1.29, 1.82) is 0 Å². The molecule has 2 N–H and O–H groups in total. The topological polar surface area (TPSA) is 61.4 Å². The third-order valence-electron chi connectivity index (χ3n) is 5.41. The molecule has 2 aliphatic rings. The third-order valence-corrected chi connectivity index (χ3v) is 5.41. The average Bonchev–Trinajstić information content (AvgIpc) is 2.89. The number of hydrogen-bond acceptors (Lipinski definition) is 3. The Morgan fingerprint density at radius 1 is 1.35 bits per heavy atom. The van der Waals surface area contributed by atoms with E-state index in [4.69, 9.17) is 0 Å². The van der Waals surface area contributed by atoms with Crippen LogP contribution in [0.2, 0.25) is 0 Å². The molecule has 134 valence electrons. The van der Waals surface area contributed by atoms with Gasteiger partial charge in [-0.25, -0.2) is 0 Å². The fraction of sp³-hybridized carbons (Fsp3) is 0.882. The van der Waals surface area contributed by atoms with E-state index in [2.05, 4.69) is 31.4 Å². The largest absolute Gasteiger partial charge is 0.355 e. The third kappa shape index (κ3) is 5.08. The van der Waals surface area contributed by atoms with Crippen LogP contribution in [0, 0.1) is 11.3 Å². The molecule has 6 heteroatoms.